The van der Waals surface area contributed by atoms with E-state index in [2.05, 4.69) is 21.0 Å². The van der Waals surface area contributed by atoms with Crippen LogP contribution in [-0.2, 0) is 7.05 Å². The van der Waals surface area contributed by atoms with Crippen molar-refractivity contribution in [3.05, 3.63) is 51.8 Å². The van der Waals surface area contributed by atoms with Crippen LogP contribution in [-0.4, -0.2) is 15.7 Å². The van der Waals surface area contributed by atoms with Crippen molar-refractivity contribution < 1.29 is 9.53 Å². The minimum Gasteiger partial charge on any atom is -0.422 e. The summed E-state index contributed by atoms with van der Waals surface area (Å²) >= 11 is 3.23. The first kappa shape index (κ1) is 15.5. The second-order valence-corrected chi connectivity index (χ2v) is 5.10. The fourth-order valence-corrected chi connectivity index (χ4v) is 2.21. The molecule has 0 fully saturated rings. The van der Waals surface area contributed by atoms with Crippen molar-refractivity contribution >= 4 is 28.0 Å². The molecule has 0 saturated heterocycles. The lowest BCUT2D eigenvalue weighted by atomic mass is 10.1. The molecule has 2 rings (SSSR count). The zero-order valence-corrected chi connectivity index (χ0v) is 13.0. The van der Waals surface area contributed by atoms with Gasteiger partial charge in [-0.25, -0.2) is 4.79 Å². The highest BCUT2D eigenvalue weighted by Crippen LogP contribution is 2.20. The van der Waals surface area contributed by atoms with Crippen molar-refractivity contribution in [3.8, 4) is 17.9 Å². The fraction of sp³-hybridized carbons (Fsp3) is 0.0667. The maximum absolute atomic E-state index is 12.0. The van der Waals surface area contributed by atoms with E-state index in [1.165, 1.54) is 10.8 Å². The van der Waals surface area contributed by atoms with Gasteiger partial charge in [-0.1, -0.05) is 12.1 Å². The number of carbonyl (C=O) groups excluding carboxylic acids is 1. The number of carbonyl (C=O) groups is 1. The van der Waals surface area contributed by atoms with Gasteiger partial charge in [-0.05, 0) is 39.7 Å². The van der Waals surface area contributed by atoms with Crippen LogP contribution < -0.4 is 4.74 Å². The molecule has 22 heavy (non-hydrogen) atoms. The largest absolute Gasteiger partial charge is 0.422 e. The molecule has 2 aromatic rings. The molecule has 0 amide bonds. The van der Waals surface area contributed by atoms with E-state index in [4.69, 9.17) is 15.3 Å². The second kappa shape index (κ2) is 6.70. The molecule has 7 heteroatoms. The van der Waals surface area contributed by atoms with Crippen LogP contribution in [0.15, 0.2) is 40.5 Å². The van der Waals surface area contributed by atoms with Gasteiger partial charge in [0.2, 0.25) is 0 Å². The molecule has 6 nitrogen and oxygen atoms in total. The van der Waals surface area contributed by atoms with E-state index < -0.39 is 5.97 Å². The molecule has 0 atom stereocenters. The summed E-state index contributed by atoms with van der Waals surface area (Å²) in [7, 11) is 1.69. The predicted octanol–water partition coefficient (Wildman–Crippen LogP) is 2.83. The highest BCUT2D eigenvalue weighted by Gasteiger charge is 2.16. The summed E-state index contributed by atoms with van der Waals surface area (Å²) in [6.07, 6.45) is 3.05. The van der Waals surface area contributed by atoms with Gasteiger partial charge in [0, 0.05) is 13.2 Å². The number of aromatic nitrogens is 2. The Balaban J connectivity index is 2.23. The Hall–Kier alpha value is -2.90. The van der Waals surface area contributed by atoms with Crippen LogP contribution in [0, 0.1) is 22.7 Å². The first-order chi connectivity index (χ1) is 10.5. The molecule has 1 aromatic carbocycles. The summed E-state index contributed by atoms with van der Waals surface area (Å²) in [5.41, 5.74) is 0.720. The van der Waals surface area contributed by atoms with E-state index in [9.17, 15) is 4.79 Å². The normalized spacial score (nSPS) is 9.45. The maximum Gasteiger partial charge on any atom is 0.365 e. The Labute approximate surface area is 135 Å². The van der Waals surface area contributed by atoms with Crippen LogP contribution in [0.25, 0.3) is 6.08 Å². The summed E-state index contributed by atoms with van der Waals surface area (Å²) in [4.78, 5) is 12.0. The molecule has 108 valence electrons. The number of hydrogen-bond acceptors (Lipinski definition) is 5. The van der Waals surface area contributed by atoms with Crippen molar-refractivity contribution in [2.75, 3.05) is 0 Å². The SMILES string of the molecule is Cn1cc(Br)c(C(=O)Oc2cccc(C=C(C#N)C#N)c2)n1. The van der Waals surface area contributed by atoms with E-state index in [1.807, 2.05) is 0 Å². The Morgan fingerprint density at radius 1 is 1.41 bits per heavy atom. The molecule has 0 spiro atoms. The quantitative estimate of drug-likeness (QED) is 0.479. The van der Waals surface area contributed by atoms with Gasteiger partial charge < -0.3 is 4.74 Å². The van der Waals surface area contributed by atoms with Crippen LogP contribution in [0.3, 0.4) is 0 Å². The first-order valence-corrected chi connectivity index (χ1v) is 6.86. The minimum absolute atomic E-state index is 0.0315. The number of nitrogens with zero attached hydrogens (tertiary/aromatic N) is 4. The number of nitriles is 2. The van der Waals surface area contributed by atoms with Crippen molar-refractivity contribution in [1.29, 1.82) is 10.5 Å². The predicted molar refractivity (Wildman–Crippen MR) is 81.5 cm³/mol. The molecule has 0 saturated carbocycles. The van der Waals surface area contributed by atoms with Gasteiger partial charge in [0.1, 0.15) is 23.5 Å². The van der Waals surface area contributed by atoms with Gasteiger partial charge in [0.15, 0.2) is 5.69 Å². The molecular weight excluding hydrogens is 348 g/mol. The monoisotopic (exact) mass is 356 g/mol. The number of benzene rings is 1. The second-order valence-electron chi connectivity index (χ2n) is 4.24. The van der Waals surface area contributed by atoms with Gasteiger partial charge in [-0.15, -0.1) is 0 Å². The highest BCUT2D eigenvalue weighted by molar-refractivity contribution is 9.10. The number of hydrogen-bond donors (Lipinski definition) is 0. The van der Waals surface area contributed by atoms with Gasteiger partial charge in [0.25, 0.3) is 0 Å². The minimum atomic E-state index is -0.602. The Morgan fingerprint density at radius 2 is 2.14 bits per heavy atom. The summed E-state index contributed by atoms with van der Waals surface area (Å²) in [6, 6.07) is 10.1. The van der Waals surface area contributed by atoms with Crippen molar-refractivity contribution in [2.45, 2.75) is 0 Å². The van der Waals surface area contributed by atoms with E-state index in [-0.39, 0.29) is 11.3 Å². The number of aryl methyl sites for hydroxylation is 1. The Bertz CT molecular complexity index is 824. The average molecular weight is 357 g/mol. The standard InChI is InChI=1S/C15H9BrN4O2/c1-20-9-13(16)14(19-20)15(21)22-12-4-2-3-10(6-12)5-11(7-17)8-18/h2-6,9H,1H3. The lowest BCUT2D eigenvalue weighted by molar-refractivity contribution is 0.0727. The lowest BCUT2D eigenvalue weighted by Crippen LogP contribution is -2.10. The van der Waals surface area contributed by atoms with Crippen LogP contribution >= 0.6 is 15.9 Å². The van der Waals surface area contributed by atoms with Gasteiger partial charge in [-0.2, -0.15) is 15.6 Å². The van der Waals surface area contributed by atoms with E-state index in [0.717, 1.165) is 0 Å². The van der Waals surface area contributed by atoms with Crippen LogP contribution in [0.5, 0.6) is 5.75 Å². The molecule has 0 bridgehead atoms. The molecule has 1 aromatic heterocycles. The van der Waals surface area contributed by atoms with Gasteiger partial charge in [-0.3, -0.25) is 4.68 Å². The molecule has 1 heterocycles. The molecule has 0 unspecified atom stereocenters. The number of allylic oxidation sites excluding steroid dienone is 1. The van der Waals surface area contributed by atoms with E-state index in [1.54, 1.807) is 49.6 Å². The third-order valence-electron chi connectivity index (χ3n) is 2.60. The smallest absolute Gasteiger partial charge is 0.365 e. The third kappa shape index (κ3) is 3.60. The topological polar surface area (TPSA) is 91.7 Å². The zero-order valence-electron chi connectivity index (χ0n) is 11.4. The molecule has 0 N–H and O–H groups in total. The van der Waals surface area contributed by atoms with Crippen molar-refractivity contribution in [2.24, 2.45) is 7.05 Å². The molecule has 0 aliphatic rings. The summed E-state index contributed by atoms with van der Waals surface area (Å²) in [5, 5.41) is 21.5. The zero-order chi connectivity index (χ0) is 16.1. The summed E-state index contributed by atoms with van der Waals surface area (Å²) in [6.45, 7) is 0. The van der Waals surface area contributed by atoms with Gasteiger partial charge in [0.05, 0.1) is 4.47 Å². The average Bonchev–Trinajstić information content (AvgIpc) is 2.84. The number of esters is 1. The van der Waals surface area contributed by atoms with E-state index >= 15 is 0 Å². The van der Waals surface area contributed by atoms with Crippen LogP contribution in [0.2, 0.25) is 0 Å². The third-order valence-corrected chi connectivity index (χ3v) is 3.18. The maximum atomic E-state index is 12.0. The first-order valence-electron chi connectivity index (χ1n) is 6.06. The highest BCUT2D eigenvalue weighted by atomic mass is 79.9. The summed E-state index contributed by atoms with van der Waals surface area (Å²) in [5.74, 6) is -0.305. The molecule has 0 aliphatic heterocycles. The summed E-state index contributed by atoms with van der Waals surface area (Å²) < 4.78 is 7.27. The molecule has 0 radical (unpaired) electrons. The lowest BCUT2D eigenvalue weighted by Gasteiger charge is -2.03. The molecule has 0 aliphatic carbocycles. The van der Waals surface area contributed by atoms with Crippen molar-refractivity contribution in [1.82, 2.24) is 9.78 Å². The number of ether oxygens (including phenoxy) is 1. The van der Waals surface area contributed by atoms with E-state index in [0.29, 0.717) is 15.8 Å². The Kier molecular flexibility index (Phi) is 4.72. The van der Waals surface area contributed by atoms with Crippen LogP contribution in [0.1, 0.15) is 16.1 Å². The molecular formula is C15H9BrN4O2. The van der Waals surface area contributed by atoms with Gasteiger partial charge >= 0.3 is 5.97 Å². The van der Waals surface area contributed by atoms with Crippen LogP contribution in [0.4, 0.5) is 0 Å². The Morgan fingerprint density at radius 3 is 2.73 bits per heavy atom. The number of rotatable bonds is 3. The fourth-order valence-electron chi connectivity index (χ4n) is 1.68. The van der Waals surface area contributed by atoms with Crippen molar-refractivity contribution in [3.63, 3.8) is 0 Å². The number of halogens is 1.